The summed E-state index contributed by atoms with van der Waals surface area (Å²) >= 11 is 0. The van der Waals surface area contributed by atoms with Gasteiger partial charge in [-0.3, -0.25) is 4.79 Å². The average Bonchev–Trinajstić information content (AvgIpc) is 2.59. The van der Waals surface area contributed by atoms with E-state index in [-0.39, 0.29) is 18.6 Å². The van der Waals surface area contributed by atoms with Crippen molar-refractivity contribution in [3.8, 4) is 0 Å². The molecule has 1 atom stereocenters. The summed E-state index contributed by atoms with van der Waals surface area (Å²) < 4.78 is 1.77. The lowest BCUT2D eigenvalue weighted by Crippen LogP contribution is -2.36. The summed E-state index contributed by atoms with van der Waals surface area (Å²) in [7, 11) is 0. The fourth-order valence-corrected chi connectivity index (χ4v) is 1.33. The zero-order valence-electron chi connectivity index (χ0n) is 9.03. The number of nitrogens with zero attached hydrogens (tertiary/aromatic N) is 1. The predicted molar refractivity (Wildman–Crippen MR) is 58.5 cm³/mol. The second-order valence-electron chi connectivity index (χ2n) is 3.50. The normalized spacial score (nSPS) is 12.5. The van der Waals surface area contributed by atoms with Gasteiger partial charge in [-0.15, -0.1) is 0 Å². The van der Waals surface area contributed by atoms with Gasteiger partial charge >= 0.3 is 0 Å². The van der Waals surface area contributed by atoms with Crippen LogP contribution in [0.1, 0.15) is 24.3 Å². The molecule has 0 bridgehead atoms. The number of aliphatic hydroxyl groups excluding tert-OH is 1. The lowest BCUT2D eigenvalue weighted by molar-refractivity contribution is 0.0913. The van der Waals surface area contributed by atoms with Crippen molar-refractivity contribution in [2.75, 3.05) is 12.3 Å². The first-order valence-corrected chi connectivity index (χ1v) is 4.95. The van der Waals surface area contributed by atoms with Crippen LogP contribution in [-0.2, 0) is 6.54 Å². The van der Waals surface area contributed by atoms with Crippen molar-refractivity contribution in [2.45, 2.75) is 26.4 Å². The molecule has 0 aliphatic carbocycles. The van der Waals surface area contributed by atoms with E-state index in [2.05, 4.69) is 5.32 Å². The molecule has 1 aromatic rings. The van der Waals surface area contributed by atoms with E-state index < -0.39 is 0 Å². The smallest absolute Gasteiger partial charge is 0.268 e. The van der Waals surface area contributed by atoms with E-state index in [0.717, 1.165) is 0 Å². The number of aliphatic hydroxyl groups is 1. The number of amides is 1. The van der Waals surface area contributed by atoms with Crippen LogP contribution in [0.2, 0.25) is 0 Å². The molecule has 0 spiro atoms. The van der Waals surface area contributed by atoms with E-state index >= 15 is 0 Å². The molecule has 0 saturated carbocycles. The lowest BCUT2D eigenvalue weighted by atomic mass is 10.3. The third-order valence-electron chi connectivity index (χ3n) is 2.14. The minimum absolute atomic E-state index is 0.0753. The van der Waals surface area contributed by atoms with Crippen molar-refractivity contribution in [3.63, 3.8) is 0 Å². The number of hydrogen-bond donors (Lipinski definition) is 3. The Kier molecular flexibility index (Phi) is 3.74. The first kappa shape index (κ1) is 11.6. The maximum Gasteiger partial charge on any atom is 0.268 e. The van der Waals surface area contributed by atoms with Crippen LogP contribution in [0.5, 0.6) is 0 Å². The topological polar surface area (TPSA) is 80.3 Å². The number of hydrogen-bond acceptors (Lipinski definition) is 3. The van der Waals surface area contributed by atoms with Gasteiger partial charge in [-0.05, 0) is 19.9 Å². The summed E-state index contributed by atoms with van der Waals surface area (Å²) in [5.74, 6) is -0.213. The number of nitrogens with two attached hydrogens (primary N) is 1. The number of carbonyl (C=O) groups is 1. The molecule has 5 nitrogen and oxygen atoms in total. The van der Waals surface area contributed by atoms with Crippen LogP contribution in [0.25, 0.3) is 0 Å². The number of aryl methyl sites for hydroxylation is 1. The maximum atomic E-state index is 11.7. The first-order valence-electron chi connectivity index (χ1n) is 4.95. The number of nitrogen functional groups attached to an aromatic ring is 1. The molecule has 4 N–H and O–H groups in total. The van der Waals surface area contributed by atoms with Crippen molar-refractivity contribution in [1.82, 2.24) is 9.88 Å². The Bertz CT molecular complexity index is 346. The third-order valence-corrected chi connectivity index (χ3v) is 2.14. The molecule has 0 aromatic carbocycles. The van der Waals surface area contributed by atoms with Gasteiger partial charge in [0.25, 0.3) is 5.91 Å². The third kappa shape index (κ3) is 2.73. The van der Waals surface area contributed by atoms with Crippen molar-refractivity contribution in [1.29, 1.82) is 0 Å². The van der Waals surface area contributed by atoms with Gasteiger partial charge in [0.1, 0.15) is 5.69 Å². The molecule has 5 heteroatoms. The van der Waals surface area contributed by atoms with Crippen molar-refractivity contribution in [2.24, 2.45) is 0 Å². The minimum atomic E-state index is -0.251. The molecule has 0 radical (unpaired) electrons. The van der Waals surface area contributed by atoms with E-state index in [1.807, 2.05) is 6.92 Å². The van der Waals surface area contributed by atoms with Crippen LogP contribution < -0.4 is 11.1 Å². The number of anilines is 1. The largest absolute Gasteiger partial charge is 0.397 e. The summed E-state index contributed by atoms with van der Waals surface area (Å²) in [4.78, 5) is 11.7. The Morgan fingerprint density at radius 3 is 2.93 bits per heavy atom. The van der Waals surface area contributed by atoms with E-state index in [1.54, 1.807) is 23.8 Å². The minimum Gasteiger partial charge on any atom is -0.397 e. The summed E-state index contributed by atoms with van der Waals surface area (Å²) in [5.41, 5.74) is 6.70. The predicted octanol–water partition coefficient (Wildman–Crippen LogP) is 0.201. The lowest BCUT2D eigenvalue weighted by Gasteiger charge is -2.11. The van der Waals surface area contributed by atoms with Gasteiger partial charge in [-0.1, -0.05) is 0 Å². The fraction of sp³-hybridized carbons (Fsp3) is 0.500. The summed E-state index contributed by atoms with van der Waals surface area (Å²) in [6.07, 6.45) is 1.72. The highest BCUT2D eigenvalue weighted by Gasteiger charge is 2.13. The molecule has 15 heavy (non-hydrogen) atoms. The molecule has 84 valence electrons. The highest BCUT2D eigenvalue weighted by Crippen LogP contribution is 2.10. The van der Waals surface area contributed by atoms with Gasteiger partial charge in [-0.2, -0.15) is 0 Å². The molecule has 1 unspecified atom stereocenters. The van der Waals surface area contributed by atoms with E-state index in [1.165, 1.54) is 0 Å². The van der Waals surface area contributed by atoms with Crippen LogP contribution in [0.15, 0.2) is 12.3 Å². The highest BCUT2D eigenvalue weighted by atomic mass is 16.3. The molecule has 1 amide bonds. The van der Waals surface area contributed by atoms with Crippen LogP contribution in [0.4, 0.5) is 5.69 Å². The SMILES string of the molecule is CCn1cc(N)cc1C(=O)NC(C)CO. The van der Waals surface area contributed by atoms with Gasteiger partial charge in [0.05, 0.1) is 12.3 Å². The summed E-state index contributed by atoms with van der Waals surface area (Å²) in [6.45, 7) is 4.29. The second-order valence-corrected chi connectivity index (χ2v) is 3.50. The fourth-order valence-electron chi connectivity index (χ4n) is 1.33. The molecule has 0 aliphatic heterocycles. The molecular formula is C10H17N3O2. The van der Waals surface area contributed by atoms with Gasteiger partial charge in [0.2, 0.25) is 0 Å². The molecular weight excluding hydrogens is 194 g/mol. The summed E-state index contributed by atoms with van der Waals surface area (Å²) in [5, 5.41) is 11.5. The molecule has 0 fully saturated rings. The van der Waals surface area contributed by atoms with Crippen molar-refractivity contribution >= 4 is 11.6 Å². The van der Waals surface area contributed by atoms with Gasteiger partial charge in [0, 0.05) is 18.8 Å². The number of nitrogens with one attached hydrogen (secondary N) is 1. The van der Waals surface area contributed by atoms with E-state index in [4.69, 9.17) is 10.8 Å². The van der Waals surface area contributed by atoms with Crippen LogP contribution >= 0.6 is 0 Å². The zero-order valence-corrected chi connectivity index (χ0v) is 9.03. The van der Waals surface area contributed by atoms with Crippen LogP contribution in [0.3, 0.4) is 0 Å². The molecule has 0 saturated heterocycles. The Hall–Kier alpha value is -1.49. The number of carbonyl (C=O) groups excluding carboxylic acids is 1. The van der Waals surface area contributed by atoms with E-state index in [9.17, 15) is 4.79 Å². The quantitative estimate of drug-likeness (QED) is 0.665. The molecule has 1 rings (SSSR count). The Balaban J connectivity index is 2.81. The van der Waals surface area contributed by atoms with Gasteiger partial charge in [0.15, 0.2) is 0 Å². The highest BCUT2D eigenvalue weighted by molar-refractivity contribution is 5.94. The monoisotopic (exact) mass is 211 g/mol. The molecule has 1 aromatic heterocycles. The second kappa shape index (κ2) is 4.84. The van der Waals surface area contributed by atoms with Gasteiger partial charge in [-0.25, -0.2) is 0 Å². The van der Waals surface area contributed by atoms with Gasteiger partial charge < -0.3 is 20.7 Å². The summed E-state index contributed by atoms with van der Waals surface area (Å²) in [6, 6.07) is 1.38. The number of rotatable bonds is 4. The molecule has 1 heterocycles. The average molecular weight is 211 g/mol. The number of aromatic nitrogens is 1. The van der Waals surface area contributed by atoms with Crippen molar-refractivity contribution in [3.05, 3.63) is 18.0 Å². The van der Waals surface area contributed by atoms with Crippen LogP contribution in [-0.4, -0.2) is 28.2 Å². The standard InChI is InChI=1S/C10H17N3O2/c1-3-13-5-8(11)4-9(13)10(15)12-7(2)6-14/h4-5,7,14H,3,6,11H2,1-2H3,(H,12,15). The van der Waals surface area contributed by atoms with E-state index in [0.29, 0.717) is 17.9 Å². The Labute approximate surface area is 88.9 Å². The van der Waals surface area contributed by atoms with Crippen molar-refractivity contribution < 1.29 is 9.90 Å². The zero-order chi connectivity index (χ0) is 11.4. The Morgan fingerprint density at radius 2 is 2.40 bits per heavy atom. The van der Waals surface area contributed by atoms with Crippen LogP contribution in [0, 0.1) is 0 Å². The molecule has 0 aliphatic rings. The maximum absolute atomic E-state index is 11.7. The first-order chi connectivity index (χ1) is 7.08. The Morgan fingerprint density at radius 1 is 1.73 bits per heavy atom.